The number of rotatable bonds is 6. The molecule has 2 aliphatic rings. The van der Waals surface area contributed by atoms with Gasteiger partial charge in [0.2, 0.25) is 0 Å². The van der Waals surface area contributed by atoms with Crippen molar-refractivity contribution in [1.82, 2.24) is 10.2 Å². The largest absolute Gasteiger partial charge is 0.469 e. The first-order valence-electron chi connectivity index (χ1n) is 8.81. The molecule has 1 aromatic heterocycles. The van der Waals surface area contributed by atoms with E-state index < -0.39 is 0 Å². The van der Waals surface area contributed by atoms with Crippen molar-refractivity contribution in [3.8, 4) is 0 Å². The van der Waals surface area contributed by atoms with Gasteiger partial charge in [0.15, 0.2) is 0 Å². The lowest BCUT2D eigenvalue weighted by molar-refractivity contribution is -0.00768. The average Bonchev–Trinajstić information content (AvgIpc) is 2.97. The first-order chi connectivity index (χ1) is 10.3. The molecule has 0 saturated carbocycles. The SMILES string of the molecule is CCNC1CC2CCCC(C1)N2C(C)CCc1ccco1. The zero-order valence-corrected chi connectivity index (χ0v) is 13.6. The zero-order chi connectivity index (χ0) is 14.7. The van der Waals surface area contributed by atoms with Crippen LogP contribution in [-0.4, -0.2) is 35.6 Å². The molecule has 0 amide bonds. The summed E-state index contributed by atoms with van der Waals surface area (Å²) in [6.07, 6.45) is 11.0. The lowest BCUT2D eigenvalue weighted by Gasteiger charge is -2.52. The minimum absolute atomic E-state index is 0.674. The second-order valence-electron chi connectivity index (χ2n) is 6.88. The maximum Gasteiger partial charge on any atom is 0.103 e. The van der Waals surface area contributed by atoms with Crippen molar-refractivity contribution >= 4 is 0 Å². The molecule has 3 heteroatoms. The zero-order valence-electron chi connectivity index (χ0n) is 13.6. The van der Waals surface area contributed by atoms with Gasteiger partial charge in [-0.2, -0.15) is 0 Å². The monoisotopic (exact) mass is 290 g/mol. The number of fused-ring (bicyclic) bond motifs is 2. The Kier molecular flexibility index (Phi) is 5.02. The van der Waals surface area contributed by atoms with E-state index in [9.17, 15) is 0 Å². The molecule has 2 aliphatic heterocycles. The Bertz CT molecular complexity index is 403. The smallest absolute Gasteiger partial charge is 0.103 e. The van der Waals surface area contributed by atoms with Gasteiger partial charge in [-0.25, -0.2) is 0 Å². The highest BCUT2D eigenvalue weighted by Crippen LogP contribution is 2.36. The molecule has 3 rings (SSSR count). The van der Waals surface area contributed by atoms with Gasteiger partial charge in [-0.3, -0.25) is 4.90 Å². The maximum absolute atomic E-state index is 5.49. The molecule has 2 saturated heterocycles. The quantitative estimate of drug-likeness (QED) is 0.868. The van der Waals surface area contributed by atoms with Gasteiger partial charge in [0.05, 0.1) is 6.26 Å². The van der Waals surface area contributed by atoms with Gasteiger partial charge in [0.25, 0.3) is 0 Å². The van der Waals surface area contributed by atoms with E-state index in [0.717, 1.165) is 36.9 Å². The third-order valence-electron chi connectivity index (χ3n) is 5.42. The summed E-state index contributed by atoms with van der Waals surface area (Å²) in [4.78, 5) is 2.85. The van der Waals surface area contributed by atoms with Crippen LogP contribution in [0.2, 0.25) is 0 Å². The number of furan rings is 1. The summed E-state index contributed by atoms with van der Waals surface area (Å²) < 4.78 is 5.49. The van der Waals surface area contributed by atoms with Crippen LogP contribution in [0.15, 0.2) is 22.8 Å². The third kappa shape index (κ3) is 3.51. The van der Waals surface area contributed by atoms with Crippen LogP contribution in [0.1, 0.15) is 58.1 Å². The Balaban J connectivity index is 1.58. The molecule has 0 radical (unpaired) electrons. The first kappa shape index (κ1) is 15.1. The second-order valence-corrected chi connectivity index (χ2v) is 6.88. The van der Waals surface area contributed by atoms with E-state index in [1.165, 1.54) is 38.5 Å². The molecule has 3 unspecified atom stereocenters. The normalized spacial score (nSPS) is 31.2. The molecule has 1 aromatic rings. The summed E-state index contributed by atoms with van der Waals surface area (Å²) in [6.45, 7) is 5.76. The summed E-state index contributed by atoms with van der Waals surface area (Å²) in [5.74, 6) is 1.13. The highest BCUT2D eigenvalue weighted by atomic mass is 16.3. The summed E-state index contributed by atoms with van der Waals surface area (Å²) in [5.41, 5.74) is 0. The van der Waals surface area contributed by atoms with Crippen molar-refractivity contribution in [2.75, 3.05) is 6.54 Å². The number of aryl methyl sites for hydroxylation is 1. The average molecular weight is 290 g/mol. The predicted molar refractivity (Wildman–Crippen MR) is 86.5 cm³/mol. The fraction of sp³-hybridized carbons (Fsp3) is 0.778. The minimum atomic E-state index is 0.674. The highest BCUT2D eigenvalue weighted by Gasteiger charge is 2.39. The van der Waals surface area contributed by atoms with Crippen LogP contribution in [0, 0.1) is 0 Å². The molecule has 2 bridgehead atoms. The molecule has 3 heterocycles. The molecule has 118 valence electrons. The van der Waals surface area contributed by atoms with Crippen molar-refractivity contribution < 1.29 is 4.42 Å². The number of nitrogens with zero attached hydrogens (tertiary/aromatic N) is 1. The Morgan fingerprint density at radius 2 is 2.10 bits per heavy atom. The fourth-order valence-electron chi connectivity index (χ4n) is 4.55. The molecule has 2 fully saturated rings. The third-order valence-corrected chi connectivity index (χ3v) is 5.42. The molecule has 1 N–H and O–H groups in total. The Morgan fingerprint density at radius 3 is 2.71 bits per heavy atom. The number of hydrogen-bond acceptors (Lipinski definition) is 3. The van der Waals surface area contributed by atoms with Gasteiger partial charge >= 0.3 is 0 Å². The molecule has 0 aliphatic carbocycles. The van der Waals surface area contributed by atoms with E-state index in [4.69, 9.17) is 4.42 Å². The van der Waals surface area contributed by atoms with Crippen LogP contribution in [0.4, 0.5) is 0 Å². The molecule has 0 spiro atoms. The summed E-state index contributed by atoms with van der Waals surface area (Å²) in [6, 6.07) is 7.12. The lowest BCUT2D eigenvalue weighted by atomic mass is 9.80. The number of hydrogen-bond donors (Lipinski definition) is 1. The molecular weight excluding hydrogens is 260 g/mol. The second kappa shape index (κ2) is 6.97. The summed E-state index contributed by atoms with van der Waals surface area (Å²) >= 11 is 0. The molecular formula is C18H30N2O. The van der Waals surface area contributed by atoms with E-state index in [1.54, 1.807) is 6.26 Å². The predicted octanol–water partition coefficient (Wildman–Crippen LogP) is 3.60. The van der Waals surface area contributed by atoms with E-state index in [1.807, 2.05) is 6.07 Å². The Labute approximate surface area is 129 Å². The van der Waals surface area contributed by atoms with Gasteiger partial charge in [-0.05, 0) is 57.7 Å². The standard InChI is InChI=1S/C18H30N2O/c1-3-19-15-12-16-6-4-7-17(13-15)20(16)14(2)9-10-18-8-5-11-21-18/h5,8,11,14-17,19H,3-4,6-7,9-10,12-13H2,1-2H3. The van der Waals surface area contributed by atoms with Gasteiger partial charge in [-0.15, -0.1) is 0 Å². The van der Waals surface area contributed by atoms with E-state index in [2.05, 4.69) is 30.1 Å². The van der Waals surface area contributed by atoms with Crippen LogP contribution >= 0.6 is 0 Å². The summed E-state index contributed by atoms with van der Waals surface area (Å²) in [7, 11) is 0. The molecule has 0 aromatic carbocycles. The number of piperidine rings is 2. The highest BCUT2D eigenvalue weighted by molar-refractivity contribution is 5.00. The fourth-order valence-corrected chi connectivity index (χ4v) is 4.55. The van der Waals surface area contributed by atoms with Crippen molar-refractivity contribution in [1.29, 1.82) is 0 Å². The Hall–Kier alpha value is -0.800. The van der Waals surface area contributed by atoms with Crippen LogP contribution in [0.5, 0.6) is 0 Å². The molecule has 3 atom stereocenters. The van der Waals surface area contributed by atoms with Crippen molar-refractivity contribution in [2.24, 2.45) is 0 Å². The van der Waals surface area contributed by atoms with Crippen LogP contribution in [-0.2, 0) is 6.42 Å². The van der Waals surface area contributed by atoms with Crippen LogP contribution < -0.4 is 5.32 Å². The topological polar surface area (TPSA) is 28.4 Å². The minimum Gasteiger partial charge on any atom is -0.469 e. The van der Waals surface area contributed by atoms with Crippen molar-refractivity contribution in [3.05, 3.63) is 24.2 Å². The van der Waals surface area contributed by atoms with Gasteiger partial charge in [0, 0.05) is 30.6 Å². The van der Waals surface area contributed by atoms with Crippen molar-refractivity contribution in [2.45, 2.75) is 83.0 Å². The number of nitrogens with one attached hydrogen (secondary N) is 1. The van der Waals surface area contributed by atoms with Crippen molar-refractivity contribution in [3.63, 3.8) is 0 Å². The van der Waals surface area contributed by atoms with Crippen LogP contribution in [0.25, 0.3) is 0 Å². The van der Waals surface area contributed by atoms with Gasteiger partial charge in [-0.1, -0.05) is 13.3 Å². The van der Waals surface area contributed by atoms with Gasteiger partial charge < -0.3 is 9.73 Å². The lowest BCUT2D eigenvalue weighted by Crippen LogP contribution is -2.59. The van der Waals surface area contributed by atoms with E-state index in [0.29, 0.717) is 6.04 Å². The first-order valence-corrected chi connectivity index (χ1v) is 8.81. The molecule has 21 heavy (non-hydrogen) atoms. The van der Waals surface area contributed by atoms with Gasteiger partial charge in [0.1, 0.15) is 5.76 Å². The van der Waals surface area contributed by atoms with E-state index in [-0.39, 0.29) is 0 Å². The van der Waals surface area contributed by atoms with E-state index >= 15 is 0 Å². The summed E-state index contributed by atoms with van der Waals surface area (Å²) in [5, 5.41) is 3.69. The maximum atomic E-state index is 5.49. The van der Waals surface area contributed by atoms with Crippen LogP contribution in [0.3, 0.4) is 0 Å². The Morgan fingerprint density at radius 1 is 1.33 bits per heavy atom. The molecule has 3 nitrogen and oxygen atoms in total.